The van der Waals surface area contributed by atoms with Crippen LogP contribution in [0.5, 0.6) is 0 Å². The average molecular weight is 399 g/mol. The van der Waals surface area contributed by atoms with Crippen molar-refractivity contribution in [1.82, 2.24) is 9.88 Å². The van der Waals surface area contributed by atoms with Crippen LogP contribution in [0.2, 0.25) is 0 Å². The van der Waals surface area contributed by atoms with Crippen molar-refractivity contribution >= 4 is 10.0 Å². The number of benzene rings is 2. The van der Waals surface area contributed by atoms with E-state index in [2.05, 4.69) is 30.6 Å². The Morgan fingerprint density at radius 3 is 2.29 bits per heavy atom. The highest BCUT2D eigenvalue weighted by atomic mass is 32.2. The lowest BCUT2D eigenvalue weighted by Gasteiger charge is -2.23. The lowest BCUT2D eigenvalue weighted by Crippen LogP contribution is -2.24. The molecule has 0 aliphatic carbocycles. The van der Waals surface area contributed by atoms with Crippen molar-refractivity contribution in [2.75, 3.05) is 0 Å². The van der Waals surface area contributed by atoms with E-state index in [1.807, 2.05) is 42.5 Å². The molecule has 148 valence electrons. The van der Waals surface area contributed by atoms with E-state index < -0.39 is 10.0 Å². The number of sulfonamides is 1. The quantitative estimate of drug-likeness (QED) is 0.619. The molecule has 1 N–H and O–H groups in total. The first kappa shape index (κ1) is 20.3. The average Bonchev–Trinajstić information content (AvgIpc) is 3.07. The fraction of sp³-hybridized carbons (Fsp3) is 0.318. The summed E-state index contributed by atoms with van der Waals surface area (Å²) in [5.41, 5.74) is 3.41. The standard InChI is InChI=1S/C22H26N2O3S/c1-5-22(3,4)18-11-13-19(14-12-18)28(25,26)23-15-20-16(2)27-24-21(20)17-9-7-6-8-10-17/h6-14,23H,5,15H2,1-4H3. The molecule has 0 amide bonds. The Kier molecular flexibility index (Phi) is 5.72. The molecular formula is C22H26N2O3S. The normalized spacial score (nSPS) is 12.3. The molecule has 0 bridgehead atoms. The van der Waals surface area contributed by atoms with Gasteiger partial charge in [-0.2, -0.15) is 0 Å². The molecule has 28 heavy (non-hydrogen) atoms. The molecule has 3 rings (SSSR count). The van der Waals surface area contributed by atoms with E-state index in [1.165, 1.54) is 0 Å². The summed E-state index contributed by atoms with van der Waals surface area (Å²) in [6.07, 6.45) is 0.979. The first-order valence-electron chi connectivity index (χ1n) is 9.35. The number of nitrogens with zero attached hydrogens (tertiary/aromatic N) is 1. The number of hydrogen-bond donors (Lipinski definition) is 1. The Morgan fingerprint density at radius 2 is 1.68 bits per heavy atom. The van der Waals surface area contributed by atoms with E-state index >= 15 is 0 Å². The first-order valence-corrected chi connectivity index (χ1v) is 10.8. The summed E-state index contributed by atoms with van der Waals surface area (Å²) >= 11 is 0. The molecule has 1 heterocycles. The van der Waals surface area contributed by atoms with E-state index in [4.69, 9.17) is 4.52 Å². The predicted molar refractivity (Wildman–Crippen MR) is 110 cm³/mol. The van der Waals surface area contributed by atoms with E-state index in [0.29, 0.717) is 11.5 Å². The number of nitrogens with one attached hydrogen (secondary N) is 1. The minimum atomic E-state index is -3.64. The Balaban J connectivity index is 1.81. The van der Waals surface area contributed by atoms with Crippen LogP contribution in [0.3, 0.4) is 0 Å². The summed E-state index contributed by atoms with van der Waals surface area (Å²) in [4.78, 5) is 0.249. The molecule has 0 fully saturated rings. The van der Waals surface area contributed by atoms with Crippen LogP contribution >= 0.6 is 0 Å². The van der Waals surface area contributed by atoms with E-state index in [-0.39, 0.29) is 16.9 Å². The molecular weight excluding hydrogens is 372 g/mol. The molecule has 0 radical (unpaired) electrons. The van der Waals surface area contributed by atoms with Crippen molar-refractivity contribution < 1.29 is 12.9 Å². The number of aromatic nitrogens is 1. The van der Waals surface area contributed by atoms with Gasteiger partial charge in [-0.3, -0.25) is 0 Å². The largest absolute Gasteiger partial charge is 0.361 e. The zero-order valence-electron chi connectivity index (χ0n) is 16.7. The number of aryl methyl sites for hydroxylation is 1. The molecule has 0 aliphatic rings. The molecule has 2 aromatic carbocycles. The van der Waals surface area contributed by atoms with Gasteiger partial charge in [0, 0.05) is 17.7 Å². The number of rotatable bonds is 7. The summed E-state index contributed by atoms with van der Waals surface area (Å²) in [6.45, 7) is 8.32. The maximum absolute atomic E-state index is 12.8. The molecule has 5 nitrogen and oxygen atoms in total. The Labute approximate surface area is 166 Å². The Morgan fingerprint density at radius 1 is 1.04 bits per heavy atom. The minimum absolute atomic E-state index is 0.0138. The van der Waals surface area contributed by atoms with Crippen LogP contribution in [0.15, 0.2) is 64.0 Å². The third-order valence-corrected chi connectivity index (χ3v) is 6.72. The molecule has 0 saturated carbocycles. The van der Waals surface area contributed by atoms with Gasteiger partial charge in [-0.25, -0.2) is 13.1 Å². The van der Waals surface area contributed by atoms with Gasteiger partial charge in [0.1, 0.15) is 11.5 Å². The lowest BCUT2D eigenvalue weighted by molar-refractivity contribution is 0.398. The highest BCUT2D eigenvalue weighted by molar-refractivity contribution is 7.89. The lowest BCUT2D eigenvalue weighted by atomic mass is 9.82. The molecule has 0 spiro atoms. The van der Waals surface area contributed by atoms with Gasteiger partial charge in [0.25, 0.3) is 0 Å². The van der Waals surface area contributed by atoms with Crippen LogP contribution in [-0.2, 0) is 22.0 Å². The third kappa shape index (κ3) is 4.18. The van der Waals surface area contributed by atoms with Crippen molar-refractivity contribution in [3.63, 3.8) is 0 Å². The van der Waals surface area contributed by atoms with Crippen molar-refractivity contribution in [3.8, 4) is 11.3 Å². The van der Waals surface area contributed by atoms with Crippen LogP contribution in [0.1, 0.15) is 44.1 Å². The zero-order chi connectivity index (χ0) is 20.4. The first-order chi connectivity index (χ1) is 13.2. The monoisotopic (exact) mass is 398 g/mol. The fourth-order valence-corrected chi connectivity index (χ4v) is 3.96. The topological polar surface area (TPSA) is 72.2 Å². The van der Waals surface area contributed by atoms with Crippen molar-refractivity contribution in [1.29, 1.82) is 0 Å². The summed E-state index contributed by atoms with van der Waals surface area (Å²) in [5.74, 6) is 0.599. The summed E-state index contributed by atoms with van der Waals surface area (Å²) in [7, 11) is -3.64. The highest BCUT2D eigenvalue weighted by Gasteiger charge is 2.21. The van der Waals surface area contributed by atoms with Crippen molar-refractivity contribution in [3.05, 3.63) is 71.5 Å². The van der Waals surface area contributed by atoms with Crippen molar-refractivity contribution in [2.24, 2.45) is 0 Å². The molecule has 3 aromatic rings. The van der Waals surface area contributed by atoms with Crippen LogP contribution in [0.4, 0.5) is 0 Å². The van der Waals surface area contributed by atoms with Gasteiger partial charge >= 0.3 is 0 Å². The van der Waals surface area contributed by atoms with Gasteiger partial charge in [-0.15, -0.1) is 0 Å². The summed E-state index contributed by atoms with van der Waals surface area (Å²) in [6, 6.07) is 16.7. The van der Waals surface area contributed by atoms with Crippen LogP contribution in [0.25, 0.3) is 11.3 Å². The molecule has 6 heteroatoms. The molecule has 0 saturated heterocycles. The Bertz CT molecular complexity index is 1040. The second-order valence-corrected chi connectivity index (χ2v) is 9.29. The highest BCUT2D eigenvalue weighted by Crippen LogP contribution is 2.28. The summed E-state index contributed by atoms with van der Waals surface area (Å²) in [5, 5.41) is 4.10. The zero-order valence-corrected chi connectivity index (χ0v) is 17.5. The van der Waals surface area contributed by atoms with Gasteiger partial charge in [0.2, 0.25) is 10.0 Å². The van der Waals surface area contributed by atoms with E-state index in [1.54, 1.807) is 19.1 Å². The van der Waals surface area contributed by atoms with Gasteiger partial charge in [0.15, 0.2) is 0 Å². The Hall–Kier alpha value is -2.44. The van der Waals surface area contributed by atoms with Gasteiger partial charge < -0.3 is 4.52 Å². The minimum Gasteiger partial charge on any atom is -0.361 e. The van der Waals surface area contributed by atoms with Crippen molar-refractivity contribution in [2.45, 2.75) is 51.0 Å². The maximum atomic E-state index is 12.8. The smallest absolute Gasteiger partial charge is 0.240 e. The van der Waals surface area contributed by atoms with Gasteiger partial charge in [-0.1, -0.05) is 68.4 Å². The maximum Gasteiger partial charge on any atom is 0.240 e. The van der Waals surface area contributed by atoms with Gasteiger partial charge in [0.05, 0.1) is 4.90 Å². The second-order valence-electron chi connectivity index (χ2n) is 7.52. The molecule has 0 aliphatic heterocycles. The molecule has 0 unspecified atom stereocenters. The molecule has 1 aromatic heterocycles. The fourth-order valence-electron chi connectivity index (χ4n) is 2.96. The van der Waals surface area contributed by atoms with E-state index in [0.717, 1.165) is 23.1 Å². The molecule has 0 atom stereocenters. The predicted octanol–water partition coefficient (Wildman–Crippen LogP) is 4.82. The summed E-state index contributed by atoms with van der Waals surface area (Å²) < 4.78 is 33.5. The second kappa shape index (κ2) is 7.89. The van der Waals surface area contributed by atoms with Gasteiger partial charge in [-0.05, 0) is 36.5 Å². The SMILES string of the molecule is CCC(C)(C)c1ccc(S(=O)(=O)NCc2c(-c3ccccc3)noc2C)cc1. The van der Waals surface area contributed by atoms with Crippen LogP contribution in [0, 0.1) is 6.92 Å². The van der Waals surface area contributed by atoms with Crippen LogP contribution < -0.4 is 4.72 Å². The van der Waals surface area contributed by atoms with E-state index in [9.17, 15) is 8.42 Å². The van der Waals surface area contributed by atoms with Crippen LogP contribution in [-0.4, -0.2) is 13.6 Å². The number of hydrogen-bond acceptors (Lipinski definition) is 4. The third-order valence-electron chi connectivity index (χ3n) is 5.30.